The van der Waals surface area contributed by atoms with E-state index in [0.717, 1.165) is 36.9 Å². The first-order valence-corrected chi connectivity index (χ1v) is 6.27. The molecule has 96 valence electrons. The summed E-state index contributed by atoms with van der Waals surface area (Å²) >= 11 is 0. The van der Waals surface area contributed by atoms with Crippen LogP contribution >= 0.6 is 0 Å². The van der Waals surface area contributed by atoms with Gasteiger partial charge in [0.05, 0.1) is 5.69 Å². The van der Waals surface area contributed by atoms with E-state index in [2.05, 4.69) is 9.97 Å². The van der Waals surface area contributed by atoms with Gasteiger partial charge in [0.2, 0.25) is 5.95 Å². The zero-order valence-corrected chi connectivity index (χ0v) is 10.0. The second-order valence-electron chi connectivity index (χ2n) is 4.97. The number of carboxylic acid groups (broad SMARTS) is 1. The van der Waals surface area contributed by atoms with Crippen molar-refractivity contribution in [3.05, 3.63) is 17.5 Å². The third-order valence-corrected chi connectivity index (χ3v) is 4.00. The first-order chi connectivity index (χ1) is 8.66. The molecule has 0 bridgehead atoms. The summed E-state index contributed by atoms with van der Waals surface area (Å²) in [5.41, 5.74) is 7.73. The molecule has 1 saturated heterocycles. The monoisotopic (exact) mass is 248 g/mol. The highest BCUT2D eigenvalue weighted by Gasteiger charge is 2.39. The number of fused-ring (bicyclic) bond motifs is 3. The number of amides is 1. The Morgan fingerprint density at radius 3 is 3.11 bits per heavy atom. The highest BCUT2D eigenvalue weighted by atomic mass is 16.4. The molecule has 1 aliphatic heterocycles. The van der Waals surface area contributed by atoms with E-state index in [-0.39, 0.29) is 17.9 Å². The van der Waals surface area contributed by atoms with Crippen molar-refractivity contribution < 1.29 is 9.90 Å². The van der Waals surface area contributed by atoms with Crippen LogP contribution in [0.5, 0.6) is 0 Å². The summed E-state index contributed by atoms with van der Waals surface area (Å²) in [6, 6.07) is 0.0537. The summed E-state index contributed by atoms with van der Waals surface area (Å²) in [6.45, 7) is 0.631. The van der Waals surface area contributed by atoms with Gasteiger partial charge >= 0.3 is 6.09 Å². The maximum absolute atomic E-state index is 11.3. The predicted molar refractivity (Wildman–Crippen MR) is 65.3 cm³/mol. The van der Waals surface area contributed by atoms with Gasteiger partial charge in [0.1, 0.15) is 0 Å². The first kappa shape index (κ1) is 11.3. The molecule has 2 unspecified atom stereocenters. The van der Waals surface area contributed by atoms with Crippen molar-refractivity contribution >= 4 is 12.0 Å². The van der Waals surface area contributed by atoms with Gasteiger partial charge in [-0.15, -0.1) is 0 Å². The molecule has 3 N–H and O–H groups in total. The standard InChI is InChI=1S/C12H16N4O2/c13-11-14-6-7-3-4-9-8(10(7)15-11)2-1-5-16(9)12(17)18/h6,8-9H,1-5H2,(H,17,18)(H2,13,14,15). The van der Waals surface area contributed by atoms with Crippen LogP contribution in [0, 0.1) is 0 Å². The van der Waals surface area contributed by atoms with Crippen molar-refractivity contribution in [2.75, 3.05) is 12.3 Å². The van der Waals surface area contributed by atoms with E-state index in [9.17, 15) is 9.90 Å². The minimum Gasteiger partial charge on any atom is -0.465 e. The molecular formula is C12H16N4O2. The number of piperidine rings is 1. The minimum absolute atomic E-state index is 0.0537. The van der Waals surface area contributed by atoms with E-state index in [1.807, 2.05) is 0 Å². The zero-order valence-electron chi connectivity index (χ0n) is 10.0. The maximum Gasteiger partial charge on any atom is 0.407 e. The second-order valence-corrected chi connectivity index (χ2v) is 4.97. The summed E-state index contributed by atoms with van der Waals surface area (Å²) in [4.78, 5) is 21.2. The smallest absolute Gasteiger partial charge is 0.407 e. The Kier molecular flexibility index (Phi) is 2.57. The molecule has 2 heterocycles. The number of aromatic nitrogens is 2. The number of carbonyl (C=O) groups is 1. The molecule has 0 saturated carbocycles. The van der Waals surface area contributed by atoms with Gasteiger partial charge in [-0.25, -0.2) is 14.8 Å². The van der Waals surface area contributed by atoms with Crippen molar-refractivity contribution in [2.45, 2.75) is 37.6 Å². The lowest BCUT2D eigenvalue weighted by atomic mass is 9.77. The largest absolute Gasteiger partial charge is 0.465 e. The molecule has 0 spiro atoms. The van der Waals surface area contributed by atoms with Crippen LogP contribution in [0.1, 0.15) is 36.4 Å². The zero-order chi connectivity index (χ0) is 12.7. The number of rotatable bonds is 0. The fraction of sp³-hybridized carbons (Fsp3) is 0.583. The van der Waals surface area contributed by atoms with E-state index < -0.39 is 6.09 Å². The number of hydrogen-bond acceptors (Lipinski definition) is 4. The van der Waals surface area contributed by atoms with E-state index in [1.54, 1.807) is 11.1 Å². The predicted octanol–water partition coefficient (Wildman–Crippen LogP) is 1.23. The number of aryl methyl sites for hydroxylation is 1. The van der Waals surface area contributed by atoms with Crippen LogP contribution in [0.4, 0.5) is 10.7 Å². The second kappa shape index (κ2) is 4.12. The Morgan fingerprint density at radius 2 is 2.33 bits per heavy atom. The Bertz CT molecular complexity index is 491. The van der Waals surface area contributed by atoms with Crippen molar-refractivity contribution in [3.8, 4) is 0 Å². The quantitative estimate of drug-likeness (QED) is 0.720. The number of likely N-dealkylation sites (tertiary alicyclic amines) is 1. The third kappa shape index (κ3) is 1.68. The topological polar surface area (TPSA) is 92.3 Å². The summed E-state index contributed by atoms with van der Waals surface area (Å²) in [5.74, 6) is 0.464. The molecule has 1 aromatic heterocycles. The van der Waals surface area contributed by atoms with Crippen molar-refractivity contribution in [3.63, 3.8) is 0 Å². The van der Waals surface area contributed by atoms with Gasteiger partial charge in [-0.2, -0.15) is 0 Å². The lowest BCUT2D eigenvalue weighted by Gasteiger charge is -2.42. The Morgan fingerprint density at radius 1 is 1.50 bits per heavy atom. The van der Waals surface area contributed by atoms with Crippen molar-refractivity contribution in [1.82, 2.24) is 14.9 Å². The molecule has 0 aromatic carbocycles. The molecule has 1 aromatic rings. The van der Waals surface area contributed by atoms with Crippen LogP contribution in [0.15, 0.2) is 6.20 Å². The fourth-order valence-electron chi connectivity index (χ4n) is 3.22. The van der Waals surface area contributed by atoms with Gasteiger partial charge in [0, 0.05) is 24.7 Å². The average Bonchev–Trinajstić information content (AvgIpc) is 2.37. The normalized spacial score (nSPS) is 26.3. The highest BCUT2D eigenvalue weighted by molar-refractivity contribution is 5.66. The first-order valence-electron chi connectivity index (χ1n) is 6.27. The third-order valence-electron chi connectivity index (χ3n) is 4.00. The van der Waals surface area contributed by atoms with Gasteiger partial charge in [0.15, 0.2) is 0 Å². The van der Waals surface area contributed by atoms with Gasteiger partial charge in [-0.05, 0) is 31.2 Å². The molecule has 1 fully saturated rings. The molecule has 0 radical (unpaired) electrons. The van der Waals surface area contributed by atoms with E-state index in [0.29, 0.717) is 6.54 Å². The highest BCUT2D eigenvalue weighted by Crippen LogP contribution is 2.39. The van der Waals surface area contributed by atoms with Crippen LogP contribution in [0.2, 0.25) is 0 Å². The van der Waals surface area contributed by atoms with Gasteiger partial charge in [-0.3, -0.25) is 0 Å². The van der Waals surface area contributed by atoms with Crippen molar-refractivity contribution in [1.29, 1.82) is 0 Å². The van der Waals surface area contributed by atoms with E-state index in [1.165, 1.54) is 0 Å². The molecule has 1 amide bonds. The van der Waals surface area contributed by atoms with Gasteiger partial charge in [-0.1, -0.05) is 0 Å². The summed E-state index contributed by atoms with van der Waals surface area (Å²) in [5, 5.41) is 9.25. The van der Waals surface area contributed by atoms with Crippen LogP contribution in [-0.2, 0) is 6.42 Å². The van der Waals surface area contributed by atoms with Crippen LogP contribution < -0.4 is 5.73 Å². The van der Waals surface area contributed by atoms with Gasteiger partial charge in [0.25, 0.3) is 0 Å². The lowest BCUT2D eigenvalue weighted by molar-refractivity contribution is 0.0888. The molecule has 6 heteroatoms. The number of nitrogens with two attached hydrogens (primary N) is 1. The average molecular weight is 248 g/mol. The van der Waals surface area contributed by atoms with Crippen LogP contribution in [0.25, 0.3) is 0 Å². The van der Waals surface area contributed by atoms with Crippen LogP contribution in [0.3, 0.4) is 0 Å². The maximum atomic E-state index is 11.3. The number of nitrogens with zero attached hydrogens (tertiary/aromatic N) is 3. The Balaban J connectivity index is 1.98. The minimum atomic E-state index is -0.824. The molecule has 6 nitrogen and oxygen atoms in total. The van der Waals surface area contributed by atoms with Crippen molar-refractivity contribution in [2.24, 2.45) is 0 Å². The molecule has 2 atom stereocenters. The molecule has 3 rings (SSSR count). The number of nitrogen functional groups attached to an aromatic ring is 1. The Hall–Kier alpha value is -1.85. The Labute approximate surface area is 105 Å². The molecule has 18 heavy (non-hydrogen) atoms. The molecule has 2 aliphatic rings. The SMILES string of the molecule is Nc1ncc2c(n1)C1CCCN(C(=O)O)C1CC2. The lowest BCUT2D eigenvalue weighted by Crippen LogP contribution is -2.49. The number of hydrogen-bond donors (Lipinski definition) is 2. The van der Waals surface area contributed by atoms with Gasteiger partial charge < -0.3 is 15.7 Å². The molecule has 1 aliphatic carbocycles. The fourth-order valence-corrected chi connectivity index (χ4v) is 3.22. The van der Waals surface area contributed by atoms with Crippen LogP contribution in [-0.4, -0.2) is 38.7 Å². The van der Waals surface area contributed by atoms with E-state index in [4.69, 9.17) is 5.73 Å². The molecular weight excluding hydrogens is 232 g/mol. The summed E-state index contributed by atoms with van der Waals surface area (Å²) < 4.78 is 0. The summed E-state index contributed by atoms with van der Waals surface area (Å²) in [6.07, 6.45) is 4.52. The van der Waals surface area contributed by atoms with E-state index >= 15 is 0 Å². The summed E-state index contributed by atoms with van der Waals surface area (Å²) in [7, 11) is 0. The number of anilines is 1.